The lowest BCUT2D eigenvalue weighted by molar-refractivity contribution is -0.141. The number of benzene rings is 1. The smallest absolute Gasteiger partial charge is 0.309 e. The number of hydrazone groups is 1. The number of hydrogen-bond donors (Lipinski definition) is 2. The Bertz CT molecular complexity index is 924. The lowest BCUT2D eigenvalue weighted by Crippen LogP contribution is -2.52. The van der Waals surface area contributed by atoms with Crippen molar-refractivity contribution in [1.82, 2.24) is 15.6 Å². The Labute approximate surface area is 219 Å². The standard InChI is InChI=1S/C28H40N4O3S/c1-32-23(18-20-12-6-4-7-13-20)19-36-28(32)31-30-27(35)25(33)24(21-14-10-5-11-15-21)29-26(34)22-16-8-2-3-9-17-22/h4,6-7,12-13,21-24H,2-3,5,8-11,14-19H2,1H3,(H,29,34)(H,30,35)/t23-,24?/m1/s1. The average Bonchev–Trinajstić information content (AvgIpc) is 3.09. The lowest BCUT2D eigenvalue weighted by atomic mass is 9.81. The van der Waals surface area contributed by atoms with Gasteiger partial charge in [-0.25, -0.2) is 5.43 Å². The van der Waals surface area contributed by atoms with Crippen LogP contribution in [0.5, 0.6) is 0 Å². The van der Waals surface area contributed by atoms with Crippen molar-refractivity contribution in [2.24, 2.45) is 16.9 Å². The van der Waals surface area contributed by atoms with Crippen LogP contribution in [0.4, 0.5) is 0 Å². The summed E-state index contributed by atoms with van der Waals surface area (Å²) in [7, 11) is 1.97. The maximum Gasteiger partial charge on any atom is 0.309 e. The van der Waals surface area contributed by atoms with Crippen molar-refractivity contribution in [3.63, 3.8) is 0 Å². The van der Waals surface area contributed by atoms with Crippen LogP contribution in [0.25, 0.3) is 0 Å². The molecule has 2 saturated carbocycles. The molecular weight excluding hydrogens is 472 g/mol. The van der Waals surface area contributed by atoms with Gasteiger partial charge in [0.05, 0.1) is 0 Å². The third-order valence-electron chi connectivity index (χ3n) is 7.97. The zero-order valence-electron chi connectivity index (χ0n) is 21.4. The molecule has 2 amide bonds. The average molecular weight is 513 g/mol. The van der Waals surface area contributed by atoms with Crippen LogP contribution >= 0.6 is 11.8 Å². The van der Waals surface area contributed by atoms with Gasteiger partial charge in [-0.05, 0) is 43.6 Å². The van der Waals surface area contributed by atoms with Crippen LogP contribution in [0.15, 0.2) is 35.4 Å². The van der Waals surface area contributed by atoms with E-state index in [0.717, 1.165) is 82.8 Å². The Morgan fingerprint density at radius 2 is 1.61 bits per heavy atom. The number of carbonyl (C=O) groups is 3. The number of carbonyl (C=O) groups excluding carboxylic acids is 3. The molecule has 4 rings (SSSR count). The Balaban J connectivity index is 1.37. The van der Waals surface area contributed by atoms with Gasteiger partial charge in [-0.1, -0.05) is 87.0 Å². The minimum Gasteiger partial charge on any atom is -0.349 e. The Hall–Kier alpha value is -2.35. The lowest BCUT2D eigenvalue weighted by Gasteiger charge is -2.30. The van der Waals surface area contributed by atoms with E-state index < -0.39 is 17.7 Å². The molecule has 196 valence electrons. The Morgan fingerprint density at radius 3 is 2.31 bits per heavy atom. The summed E-state index contributed by atoms with van der Waals surface area (Å²) in [6.45, 7) is 0. The summed E-state index contributed by atoms with van der Waals surface area (Å²) in [6, 6.07) is 9.82. The maximum absolute atomic E-state index is 13.3. The Morgan fingerprint density at radius 1 is 0.972 bits per heavy atom. The molecule has 1 aromatic carbocycles. The van der Waals surface area contributed by atoms with Crippen molar-refractivity contribution >= 4 is 34.5 Å². The number of thioether (sulfide) groups is 1. The number of ketones is 1. The van der Waals surface area contributed by atoms with Gasteiger partial charge in [0.25, 0.3) is 0 Å². The number of Topliss-reactive ketones (excluding diaryl/α,β-unsaturated/α-hetero) is 1. The molecule has 0 bridgehead atoms. The van der Waals surface area contributed by atoms with Crippen LogP contribution < -0.4 is 10.7 Å². The minimum absolute atomic E-state index is 0.0122. The SMILES string of the molecule is CN1C(=NNC(=O)C(=O)C(NC(=O)C2CCCCCC2)C2CCCCC2)SC[C@H]1Cc1ccccc1. The fourth-order valence-corrected chi connectivity index (χ4v) is 6.85. The summed E-state index contributed by atoms with van der Waals surface area (Å²) in [6.07, 6.45) is 12.0. The first kappa shape index (κ1) is 26.7. The molecule has 0 aromatic heterocycles. The maximum atomic E-state index is 13.3. The van der Waals surface area contributed by atoms with Gasteiger partial charge >= 0.3 is 5.91 Å². The molecular formula is C28H40N4O3S. The van der Waals surface area contributed by atoms with E-state index in [0.29, 0.717) is 5.17 Å². The molecule has 2 atom stereocenters. The van der Waals surface area contributed by atoms with Gasteiger partial charge in [0.15, 0.2) is 5.17 Å². The van der Waals surface area contributed by atoms with Crippen molar-refractivity contribution in [3.05, 3.63) is 35.9 Å². The van der Waals surface area contributed by atoms with Crippen LogP contribution in [0, 0.1) is 11.8 Å². The van der Waals surface area contributed by atoms with E-state index in [9.17, 15) is 14.4 Å². The van der Waals surface area contributed by atoms with Crippen LogP contribution in [-0.2, 0) is 20.8 Å². The molecule has 3 aliphatic rings. The van der Waals surface area contributed by atoms with Crippen LogP contribution in [0.1, 0.15) is 76.2 Å². The number of nitrogens with zero attached hydrogens (tertiary/aromatic N) is 2. The Kier molecular flexibility index (Phi) is 9.84. The number of nitrogens with one attached hydrogen (secondary N) is 2. The minimum atomic E-state index is -0.763. The predicted molar refractivity (Wildman–Crippen MR) is 144 cm³/mol. The molecule has 7 nitrogen and oxygen atoms in total. The highest BCUT2D eigenvalue weighted by Gasteiger charge is 2.36. The van der Waals surface area contributed by atoms with Gasteiger partial charge < -0.3 is 10.2 Å². The second kappa shape index (κ2) is 13.3. The molecule has 8 heteroatoms. The quantitative estimate of drug-likeness (QED) is 0.308. The summed E-state index contributed by atoms with van der Waals surface area (Å²) >= 11 is 1.58. The monoisotopic (exact) mass is 512 g/mol. The third kappa shape index (κ3) is 7.11. The topological polar surface area (TPSA) is 90.9 Å². The van der Waals surface area contributed by atoms with E-state index in [4.69, 9.17) is 0 Å². The summed E-state index contributed by atoms with van der Waals surface area (Å²) in [5.41, 5.74) is 3.77. The zero-order chi connectivity index (χ0) is 25.3. The molecule has 1 saturated heterocycles. The van der Waals surface area contributed by atoms with E-state index in [1.165, 1.54) is 5.56 Å². The fraction of sp³-hybridized carbons (Fsp3) is 0.643. The molecule has 2 N–H and O–H groups in total. The van der Waals surface area contributed by atoms with Gasteiger partial charge in [0.2, 0.25) is 11.7 Å². The second-order valence-electron chi connectivity index (χ2n) is 10.5. The molecule has 1 heterocycles. The number of rotatable bonds is 8. The first-order valence-electron chi connectivity index (χ1n) is 13.6. The normalized spacial score (nSPS) is 23.8. The fourth-order valence-electron chi connectivity index (χ4n) is 5.71. The molecule has 3 fully saturated rings. The van der Waals surface area contributed by atoms with Gasteiger partial charge in [-0.15, -0.1) is 5.10 Å². The molecule has 1 aliphatic heterocycles. The molecule has 0 spiro atoms. The molecule has 1 unspecified atom stereocenters. The summed E-state index contributed by atoms with van der Waals surface area (Å²) in [5, 5.41) is 8.02. The first-order chi connectivity index (χ1) is 17.5. The highest BCUT2D eigenvalue weighted by atomic mass is 32.2. The molecule has 0 radical (unpaired) electrons. The largest absolute Gasteiger partial charge is 0.349 e. The van der Waals surface area contributed by atoms with Crippen LogP contribution in [0.2, 0.25) is 0 Å². The van der Waals surface area contributed by atoms with E-state index in [2.05, 4.69) is 32.9 Å². The molecule has 2 aliphatic carbocycles. The van der Waals surface area contributed by atoms with E-state index in [1.54, 1.807) is 11.8 Å². The van der Waals surface area contributed by atoms with Crippen molar-refractivity contribution in [2.75, 3.05) is 12.8 Å². The summed E-state index contributed by atoms with van der Waals surface area (Å²) in [4.78, 5) is 41.4. The number of amides is 2. The van der Waals surface area contributed by atoms with Gasteiger partial charge in [-0.2, -0.15) is 0 Å². The van der Waals surface area contributed by atoms with Gasteiger partial charge in [0.1, 0.15) is 6.04 Å². The third-order valence-corrected chi connectivity index (χ3v) is 9.16. The van der Waals surface area contributed by atoms with Crippen molar-refractivity contribution in [2.45, 2.75) is 89.1 Å². The van der Waals surface area contributed by atoms with Crippen molar-refractivity contribution in [1.29, 1.82) is 0 Å². The molecule has 1 aromatic rings. The van der Waals surface area contributed by atoms with Crippen molar-refractivity contribution in [3.8, 4) is 0 Å². The first-order valence-corrected chi connectivity index (χ1v) is 14.6. The van der Waals surface area contributed by atoms with Crippen LogP contribution in [0.3, 0.4) is 0 Å². The highest BCUT2D eigenvalue weighted by molar-refractivity contribution is 8.14. The number of hydrogen-bond acceptors (Lipinski definition) is 5. The summed E-state index contributed by atoms with van der Waals surface area (Å²) in [5.74, 6) is -0.539. The highest BCUT2D eigenvalue weighted by Crippen LogP contribution is 2.29. The van der Waals surface area contributed by atoms with E-state index in [1.807, 2.05) is 25.2 Å². The van der Waals surface area contributed by atoms with Crippen molar-refractivity contribution < 1.29 is 14.4 Å². The second-order valence-corrected chi connectivity index (χ2v) is 11.5. The van der Waals surface area contributed by atoms with E-state index >= 15 is 0 Å². The van der Waals surface area contributed by atoms with Gasteiger partial charge in [-0.3, -0.25) is 14.4 Å². The zero-order valence-corrected chi connectivity index (χ0v) is 22.2. The van der Waals surface area contributed by atoms with Crippen LogP contribution in [-0.4, -0.2) is 52.5 Å². The number of amidine groups is 1. The molecule has 36 heavy (non-hydrogen) atoms. The van der Waals surface area contributed by atoms with Gasteiger partial charge in [0, 0.05) is 24.8 Å². The summed E-state index contributed by atoms with van der Waals surface area (Å²) < 4.78 is 0. The van der Waals surface area contributed by atoms with E-state index in [-0.39, 0.29) is 23.8 Å². The predicted octanol–water partition coefficient (Wildman–Crippen LogP) is 4.27. The number of likely N-dealkylation sites (N-methyl/N-ethyl adjacent to an activating group) is 1.